The van der Waals surface area contributed by atoms with Gasteiger partial charge in [0.05, 0.1) is 30.2 Å². The Morgan fingerprint density at radius 1 is 1.00 bits per heavy atom. The average Bonchev–Trinajstić information content (AvgIpc) is 3.50. The van der Waals surface area contributed by atoms with Crippen LogP contribution in [0, 0.1) is 0 Å². The van der Waals surface area contributed by atoms with Crippen molar-refractivity contribution in [2.24, 2.45) is 0 Å². The Balaban J connectivity index is 1.38. The number of carbonyl (C=O) groups is 1. The zero-order valence-electron chi connectivity index (χ0n) is 24.9. The highest BCUT2D eigenvalue weighted by molar-refractivity contribution is 6.33. The Kier molecular flexibility index (Phi) is 9.20. The summed E-state index contributed by atoms with van der Waals surface area (Å²) in [6, 6.07) is 12.4. The molecule has 12 heteroatoms. The summed E-state index contributed by atoms with van der Waals surface area (Å²) in [7, 11) is 9.63. The van der Waals surface area contributed by atoms with E-state index in [1.165, 1.54) is 6.20 Å². The highest BCUT2D eigenvalue weighted by Crippen LogP contribution is 2.34. The Morgan fingerprint density at radius 3 is 2.43 bits per heavy atom. The minimum atomic E-state index is -0.197. The summed E-state index contributed by atoms with van der Waals surface area (Å²) < 4.78 is 5.63. The molecule has 1 unspecified atom stereocenters. The third-order valence-electron chi connectivity index (χ3n) is 8.03. The van der Waals surface area contributed by atoms with Gasteiger partial charge >= 0.3 is 0 Å². The number of likely N-dealkylation sites (N-methyl/N-ethyl adjacent to an activating group) is 2. The van der Waals surface area contributed by atoms with Crippen LogP contribution in [0.3, 0.4) is 0 Å². The second kappa shape index (κ2) is 13.0. The number of benzene rings is 2. The van der Waals surface area contributed by atoms with E-state index < -0.39 is 0 Å². The van der Waals surface area contributed by atoms with Crippen molar-refractivity contribution in [3.05, 3.63) is 53.2 Å². The quantitative estimate of drug-likeness (QED) is 0.339. The number of amides is 1. The number of aromatic nitrogens is 2. The van der Waals surface area contributed by atoms with Crippen LogP contribution < -0.4 is 30.5 Å². The SMILES string of the molecule is CNC(=O)c1cc(N2CCN(C)CC2)ccc1Nc1nc(Nc2cc(N3CCC(N(C)C)C3)ccc2OC)ncc1Cl. The highest BCUT2D eigenvalue weighted by Gasteiger charge is 2.25. The van der Waals surface area contributed by atoms with E-state index in [4.69, 9.17) is 16.3 Å². The molecule has 224 valence electrons. The van der Waals surface area contributed by atoms with Crippen molar-refractivity contribution in [1.29, 1.82) is 0 Å². The van der Waals surface area contributed by atoms with Crippen molar-refractivity contribution in [2.75, 3.05) is 95.0 Å². The van der Waals surface area contributed by atoms with Gasteiger partial charge in [-0.05, 0) is 64.0 Å². The standard InChI is InChI=1S/C30H40ClN9O2/c1-32-29(41)23-16-20(39-14-12-38(4)13-15-39)6-8-25(23)34-28-24(31)18-33-30(36-28)35-26-17-21(7-9-27(26)42-5)40-11-10-22(19-40)37(2)3/h6-9,16-18,22H,10-15,19H2,1-5H3,(H,32,41)(H2,33,34,35,36). The van der Waals surface area contributed by atoms with Crippen molar-refractivity contribution in [3.63, 3.8) is 0 Å². The van der Waals surface area contributed by atoms with E-state index in [2.05, 4.69) is 78.8 Å². The largest absolute Gasteiger partial charge is 0.495 e. The first-order valence-electron chi connectivity index (χ1n) is 14.2. The number of nitrogens with one attached hydrogen (secondary N) is 3. The normalized spacial score (nSPS) is 17.5. The fraction of sp³-hybridized carbons (Fsp3) is 0.433. The zero-order valence-corrected chi connectivity index (χ0v) is 25.7. The van der Waals surface area contributed by atoms with Gasteiger partial charge in [0, 0.05) is 63.7 Å². The first-order chi connectivity index (χ1) is 20.2. The van der Waals surface area contributed by atoms with Crippen LogP contribution in [-0.4, -0.2) is 106 Å². The summed E-state index contributed by atoms with van der Waals surface area (Å²) in [6.07, 6.45) is 2.65. The summed E-state index contributed by atoms with van der Waals surface area (Å²) in [5, 5.41) is 9.65. The molecule has 42 heavy (non-hydrogen) atoms. The Hall–Kier alpha value is -3.80. The monoisotopic (exact) mass is 593 g/mol. The topological polar surface area (TPSA) is 101 Å². The third-order valence-corrected chi connectivity index (χ3v) is 8.31. The van der Waals surface area contributed by atoms with Gasteiger partial charge < -0.3 is 40.3 Å². The first-order valence-corrected chi connectivity index (χ1v) is 14.6. The maximum Gasteiger partial charge on any atom is 0.253 e. The molecule has 0 aliphatic carbocycles. The highest BCUT2D eigenvalue weighted by atomic mass is 35.5. The predicted molar refractivity (Wildman–Crippen MR) is 170 cm³/mol. The van der Waals surface area contributed by atoms with Crippen LogP contribution in [0.2, 0.25) is 5.02 Å². The number of halogens is 1. The molecule has 2 aliphatic heterocycles. The van der Waals surface area contributed by atoms with Gasteiger partial charge in [-0.15, -0.1) is 0 Å². The molecule has 3 aromatic rings. The van der Waals surface area contributed by atoms with Gasteiger partial charge in [-0.1, -0.05) is 11.6 Å². The molecule has 2 saturated heterocycles. The van der Waals surface area contributed by atoms with E-state index in [1.807, 2.05) is 24.3 Å². The lowest BCUT2D eigenvalue weighted by Gasteiger charge is -2.34. The molecule has 3 N–H and O–H groups in total. The van der Waals surface area contributed by atoms with Crippen molar-refractivity contribution >= 4 is 52.0 Å². The first kappa shape index (κ1) is 29.7. The van der Waals surface area contributed by atoms with Gasteiger partial charge in [-0.3, -0.25) is 4.79 Å². The summed E-state index contributed by atoms with van der Waals surface area (Å²) in [4.78, 5) is 31.2. The molecule has 0 spiro atoms. The van der Waals surface area contributed by atoms with E-state index >= 15 is 0 Å². The molecular formula is C30H40ClN9O2. The van der Waals surface area contributed by atoms with Crippen molar-refractivity contribution < 1.29 is 9.53 Å². The summed E-state index contributed by atoms with van der Waals surface area (Å²) in [5.41, 5.74) is 3.96. The number of rotatable bonds is 9. The average molecular weight is 594 g/mol. The lowest BCUT2D eigenvalue weighted by Crippen LogP contribution is -2.44. The lowest BCUT2D eigenvalue weighted by atomic mass is 10.1. The van der Waals surface area contributed by atoms with E-state index in [0.717, 1.165) is 62.8 Å². The summed E-state index contributed by atoms with van der Waals surface area (Å²) >= 11 is 6.53. The van der Waals surface area contributed by atoms with Crippen LogP contribution in [0.4, 0.5) is 34.5 Å². The molecule has 0 radical (unpaired) electrons. The van der Waals surface area contributed by atoms with Crippen molar-refractivity contribution in [1.82, 2.24) is 25.1 Å². The molecule has 1 amide bonds. The fourth-order valence-corrected chi connectivity index (χ4v) is 5.51. The van der Waals surface area contributed by atoms with Crippen LogP contribution >= 0.6 is 11.6 Å². The Morgan fingerprint density at radius 2 is 1.74 bits per heavy atom. The second-order valence-corrected chi connectivity index (χ2v) is 11.4. The number of methoxy groups -OCH3 is 1. The van der Waals surface area contributed by atoms with E-state index in [1.54, 1.807) is 14.2 Å². The van der Waals surface area contributed by atoms with Crippen LogP contribution in [0.5, 0.6) is 5.75 Å². The number of hydrogen-bond donors (Lipinski definition) is 3. The minimum absolute atomic E-state index is 0.197. The number of piperazine rings is 1. The minimum Gasteiger partial charge on any atom is -0.495 e. The van der Waals surface area contributed by atoms with Gasteiger partial charge in [0.25, 0.3) is 5.91 Å². The van der Waals surface area contributed by atoms with Crippen LogP contribution in [0.15, 0.2) is 42.6 Å². The number of carbonyl (C=O) groups excluding carboxylic acids is 1. The predicted octanol–water partition coefficient (Wildman–Crippen LogP) is 3.88. The number of anilines is 6. The van der Waals surface area contributed by atoms with Crippen LogP contribution in [-0.2, 0) is 0 Å². The molecule has 0 bridgehead atoms. The molecule has 1 atom stereocenters. The third kappa shape index (κ3) is 6.64. The molecule has 11 nitrogen and oxygen atoms in total. The number of ether oxygens (including phenoxy) is 1. The molecular weight excluding hydrogens is 554 g/mol. The fourth-order valence-electron chi connectivity index (χ4n) is 5.38. The molecule has 2 fully saturated rings. The maximum absolute atomic E-state index is 12.9. The molecule has 3 heterocycles. The molecule has 5 rings (SSSR count). The maximum atomic E-state index is 12.9. The van der Waals surface area contributed by atoms with Gasteiger partial charge in [0.1, 0.15) is 10.8 Å². The van der Waals surface area contributed by atoms with E-state index in [0.29, 0.717) is 39.8 Å². The number of hydrogen-bond acceptors (Lipinski definition) is 10. The molecule has 0 saturated carbocycles. The lowest BCUT2D eigenvalue weighted by molar-refractivity contribution is 0.0964. The van der Waals surface area contributed by atoms with E-state index in [9.17, 15) is 4.79 Å². The van der Waals surface area contributed by atoms with Crippen LogP contribution in [0.25, 0.3) is 0 Å². The zero-order chi connectivity index (χ0) is 29.8. The van der Waals surface area contributed by atoms with Crippen LogP contribution in [0.1, 0.15) is 16.8 Å². The van der Waals surface area contributed by atoms with E-state index in [-0.39, 0.29) is 5.91 Å². The van der Waals surface area contributed by atoms with Gasteiger partial charge in [-0.25, -0.2) is 4.98 Å². The van der Waals surface area contributed by atoms with Gasteiger partial charge in [0.2, 0.25) is 5.95 Å². The second-order valence-electron chi connectivity index (χ2n) is 11.0. The summed E-state index contributed by atoms with van der Waals surface area (Å²) in [5.74, 6) is 1.21. The molecule has 2 aliphatic rings. The Labute approximate surface area is 252 Å². The molecule has 2 aromatic carbocycles. The smallest absolute Gasteiger partial charge is 0.253 e. The molecule has 1 aromatic heterocycles. The number of nitrogens with zero attached hydrogens (tertiary/aromatic N) is 6. The van der Waals surface area contributed by atoms with Gasteiger partial charge in [0.15, 0.2) is 5.82 Å². The van der Waals surface area contributed by atoms with Crippen molar-refractivity contribution in [2.45, 2.75) is 12.5 Å². The van der Waals surface area contributed by atoms with Crippen molar-refractivity contribution in [3.8, 4) is 5.75 Å². The van der Waals surface area contributed by atoms with Gasteiger partial charge in [-0.2, -0.15) is 4.98 Å². The Bertz CT molecular complexity index is 1410. The summed E-state index contributed by atoms with van der Waals surface area (Å²) in [6.45, 7) is 5.71.